The zero-order chi connectivity index (χ0) is 19.5. The van der Waals surface area contributed by atoms with Crippen LogP contribution in [-0.2, 0) is 19.5 Å². The van der Waals surface area contributed by atoms with E-state index in [2.05, 4.69) is 14.9 Å². The molecule has 2 rings (SSSR count). The topological polar surface area (TPSA) is 97.0 Å². The molecular weight excluding hydrogens is 370 g/mol. The Morgan fingerprint density at radius 3 is 2.52 bits per heavy atom. The molecule has 152 valence electrons. The number of morpholine rings is 1. The van der Waals surface area contributed by atoms with Crippen molar-refractivity contribution in [2.75, 3.05) is 59.7 Å². The second-order valence-electron chi connectivity index (χ2n) is 6.33. The van der Waals surface area contributed by atoms with Crippen molar-refractivity contribution >= 4 is 15.9 Å². The lowest BCUT2D eigenvalue weighted by atomic mass is 10.2. The van der Waals surface area contributed by atoms with E-state index in [9.17, 15) is 13.2 Å². The van der Waals surface area contributed by atoms with Gasteiger partial charge >= 0.3 is 0 Å². The van der Waals surface area contributed by atoms with Crippen LogP contribution in [0.25, 0.3) is 0 Å². The predicted molar refractivity (Wildman–Crippen MR) is 102 cm³/mol. The predicted octanol–water partition coefficient (Wildman–Crippen LogP) is 0.454. The molecule has 1 saturated heterocycles. The van der Waals surface area contributed by atoms with Gasteiger partial charge in [0.1, 0.15) is 0 Å². The van der Waals surface area contributed by atoms with Crippen molar-refractivity contribution in [3.05, 3.63) is 29.8 Å². The molecule has 0 aliphatic carbocycles. The Morgan fingerprint density at radius 1 is 1.15 bits per heavy atom. The molecule has 1 heterocycles. The summed E-state index contributed by atoms with van der Waals surface area (Å²) < 4.78 is 36.7. The molecule has 0 atom stereocenters. The average molecular weight is 400 g/mol. The Hall–Kier alpha value is -1.52. The first kappa shape index (κ1) is 21.8. The van der Waals surface area contributed by atoms with Crippen molar-refractivity contribution in [1.29, 1.82) is 0 Å². The van der Waals surface area contributed by atoms with Crippen LogP contribution in [0.3, 0.4) is 0 Å². The molecular formula is C18H29N3O5S. The van der Waals surface area contributed by atoms with Crippen molar-refractivity contribution in [3.63, 3.8) is 0 Å². The summed E-state index contributed by atoms with van der Waals surface area (Å²) in [6.07, 6.45) is 1.92. The summed E-state index contributed by atoms with van der Waals surface area (Å²) in [5, 5.41) is 2.87. The Balaban J connectivity index is 1.71. The lowest BCUT2D eigenvalue weighted by molar-refractivity contribution is 0.0372. The first-order chi connectivity index (χ1) is 13.0. The minimum Gasteiger partial charge on any atom is -0.383 e. The van der Waals surface area contributed by atoms with E-state index in [4.69, 9.17) is 9.47 Å². The number of methoxy groups -OCH3 is 1. The number of unbranched alkanes of at least 4 members (excludes halogenated alkanes) is 1. The number of sulfonamides is 1. The number of ether oxygens (including phenoxy) is 2. The molecule has 1 aliphatic rings. The van der Waals surface area contributed by atoms with Gasteiger partial charge in [0.25, 0.3) is 5.91 Å². The molecule has 9 heteroatoms. The first-order valence-corrected chi connectivity index (χ1v) is 10.7. The average Bonchev–Trinajstić information content (AvgIpc) is 2.68. The Labute approximate surface area is 161 Å². The van der Waals surface area contributed by atoms with Gasteiger partial charge in [-0.25, -0.2) is 13.1 Å². The van der Waals surface area contributed by atoms with E-state index in [1.54, 1.807) is 0 Å². The Morgan fingerprint density at radius 2 is 1.85 bits per heavy atom. The maximum absolute atomic E-state index is 12.2. The van der Waals surface area contributed by atoms with E-state index in [1.165, 1.54) is 31.4 Å². The van der Waals surface area contributed by atoms with Gasteiger partial charge < -0.3 is 14.8 Å². The van der Waals surface area contributed by atoms with Crippen LogP contribution in [0.2, 0.25) is 0 Å². The molecule has 0 aromatic heterocycles. The molecule has 0 saturated carbocycles. The second-order valence-corrected chi connectivity index (χ2v) is 8.10. The van der Waals surface area contributed by atoms with Crippen LogP contribution in [0.1, 0.15) is 23.2 Å². The van der Waals surface area contributed by atoms with Gasteiger partial charge in [-0.1, -0.05) is 0 Å². The van der Waals surface area contributed by atoms with Crippen molar-refractivity contribution in [2.24, 2.45) is 0 Å². The highest BCUT2D eigenvalue weighted by Crippen LogP contribution is 2.10. The minimum atomic E-state index is -3.59. The lowest BCUT2D eigenvalue weighted by Gasteiger charge is -2.26. The van der Waals surface area contributed by atoms with E-state index in [1.807, 2.05) is 0 Å². The highest BCUT2D eigenvalue weighted by molar-refractivity contribution is 7.89. The molecule has 0 spiro atoms. The van der Waals surface area contributed by atoms with Gasteiger partial charge in [0.15, 0.2) is 0 Å². The SMILES string of the molecule is COCCNS(=O)(=O)c1ccc(C(=O)NCCCCN2CCOCC2)cc1. The maximum Gasteiger partial charge on any atom is 0.251 e. The summed E-state index contributed by atoms with van der Waals surface area (Å²) in [5.41, 5.74) is 0.444. The van der Waals surface area contributed by atoms with Crippen molar-refractivity contribution in [1.82, 2.24) is 14.9 Å². The standard InChI is InChI=1S/C18H29N3O5S/c1-25-13-9-20-27(23,24)17-6-4-16(5-7-17)18(22)19-8-2-3-10-21-11-14-26-15-12-21/h4-7,20H,2-3,8-15H2,1H3,(H,19,22). The fraction of sp³-hybridized carbons (Fsp3) is 0.611. The van der Waals surface area contributed by atoms with Crippen LogP contribution in [0.15, 0.2) is 29.2 Å². The van der Waals surface area contributed by atoms with Crippen LogP contribution < -0.4 is 10.0 Å². The Bertz CT molecular complexity index is 673. The number of carbonyl (C=O) groups excluding carboxylic acids is 1. The quantitative estimate of drug-likeness (QED) is 0.525. The second kappa shape index (κ2) is 11.4. The van der Waals surface area contributed by atoms with Crippen LogP contribution in [0.4, 0.5) is 0 Å². The van der Waals surface area contributed by atoms with E-state index in [0.717, 1.165) is 45.7 Å². The van der Waals surface area contributed by atoms with Gasteiger partial charge in [0.2, 0.25) is 10.0 Å². The van der Waals surface area contributed by atoms with Crippen LogP contribution in [0, 0.1) is 0 Å². The summed E-state index contributed by atoms with van der Waals surface area (Å²) in [5.74, 6) is -0.197. The lowest BCUT2D eigenvalue weighted by Crippen LogP contribution is -2.37. The molecule has 0 bridgehead atoms. The molecule has 1 aliphatic heterocycles. The number of carbonyl (C=O) groups is 1. The number of benzene rings is 1. The van der Waals surface area contributed by atoms with E-state index >= 15 is 0 Å². The molecule has 1 aromatic rings. The molecule has 1 aromatic carbocycles. The molecule has 2 N–H and O–H groups in total. The molecule has 8 nitrogen and oxygen atoms in total. The van der Waals surface area contributed by atoms with Gasteiger partial charge in [-0.2, -0.15) is 0 Å². The van der Waals surface area contributed by atoms with Crippen molar-refractivity contribution in [3.8, 4) is 0 Å². The van der Waals surface area contributed by atoms with E-state index in [-0.39, 0.29) is 17.3 Å². The molecule has 1 amide bonds. The van der Waals surface area contributed by atoms with Crippen molar-refractivity contribution in [2.45, 2.75) is 17.7 Å². The van der Waals surface area contributed by atoms with Gasteiger partial charge in [0, 0.05) is 38.9 Å². The normalized spacial score (nSPS) is 15.6. The Kier molecular flexibility index (Phi) is 9.16. The van der Waals surface area contributed by atoms with E-state index < -0.39 is 10.0 Å². The fourth-order valence-electron chi connectivity index (χ4n) is 2.74. The van der Waals surface area contributed by atoms with Crippen LogP contribution >= 0.6 is 0 Å². The summed E-state index contributed by atoms with van der Waals surface area (Å²) in [6.45, 7) is 5.65. The fourth-order valence-corrected chi connectivity index (χ4v) is 3.75. The van der Waals surface area contributed by atoms with Gasteiger partial charge in [-0.3, -0.25) is 9.69 Å². The minimum absolute atomic E-state index is 0.126. The zero-order valence-corrected chi connectivity index (χ0v) is 16.6. The summed E-state index contributed by atoms with van der Waals surface area (Å²) in [6, 6.07) is 5.91. The molecule has 0 radical (unpaired) electrons. The highest BCUT2D eigenvalue weighted by atomic mass is 32.2. The third-order valence-electron chi connectivity index (χ3n) is 4.32. The number of rotatable bonds is 11. The molecule has 0 unspecified atom stereocenters. The van der Waals surface area contributed by atoms with E-state index in [0.29, 0.717) is 18.7 Å². The third kappa shape index (κ3) is 7.55. The smallest absolute Gasteiger partial charge is 0.251 e. The number of hydrogen-bond donors (Lipinski definition) is 2. The van der Waals surface area contributed by atoms with Gasteiger partial charge in [-0.05, 0) is 43.7 Å². The largest absolute Gasteiger partial charge is 0.383 e. The number of amides is 1. The number of hydrogen-bond acceptors (Lipinski definition) is 6. The third-order valence-corrected chi connectivity index (χ3v) is 5.79. The molecule has 1 fully saturated rings. The van der Waals surface area contributed by atoms with Gasteiger partial charge in [-0.15, -0.1) is 0 Å². The highest BCUT2D eigenvalue weighted by Gasteiger charge is 2.14. The molecule has 27 heavy (non-hydrogen) atoms. The summed E-state index contributed by atoms with van der Waals surface area (Å²) >= 11 is 0. The summed E-state index contributed by atoms with van der Waals surface area (Å²) in [7, 11) is -2.08. The van der Waals surface area contributed by atoms with Crippen LogP contribution in [0.5, 0.6) is 0 Å². The zero-order valence-electron chi connectivity index (χ0n) is 15.8. The van der Waals surface area contributed by atoms with Gasteiger partial charge in [0.05, 0.1) is 24.7 Å². The number of nitrogens with zero attached hydrogens (tertiary/aromatic N) is 1. The number of nitrogens with one attached hydrogen (secondary N) is 2. The summed E-state index contributed by atoms with van der Waals surface area (Å²) in [4.78, 5) is 14.7. The first-order valence-electron chi connectivity index (χ1n) is 9.20. The van der Waals surface area contributed by atoms with Crippen molar-refractivity contribution < 1.29 is 22.7 Å². The monoisotopic (exact) mass is 399 g/mol. The van der Waals surface area contributed by atoms with Crippen LogP contribution in [-0.4, -0.2) is 78.9 Å². The maximum atomic E-state index is 12.2.